The lowest BCUT2D eigenvalue weighted by Crippen LogP contribution is -2.34. The van der Waals surface area contributed by atoms with E-state index in [1.165, 1.54) is 12.1 Å². The maximum atomic E-state index is 13.3. The fourth-order valence-electron chi connectivity index (χ4n) is 2.67. The van der Waals surface area contributed by atoms with Gasteiger partial charge in [0.1, 0.15) is 5.82 Å². The molecular formula is C19H17FN2O. The van der Waals surface area contributed by atoms with Gasteiger partial charge in [-0.25, -0.2) is 4.39 Å². The largest absolute Gasteiger partial charge is 0.298 e. The van der Waals surface area contributed by atoms with Crippen molar-refractivity contribution in [1.82, 2.24) is 9.88 Å². The number of pyridine rings is 1. The Morgan fingerprint density at radius 2 is 1.78 bits per heavy atom. The third kappa shape index (κ3) is 3.79. The van der Waals surface area contributed by atoms with Crippen LogP contribution in [0.4, 0.5) is 4.39 Å². The first-order chi connectivity index (χ1) is 11.1. The predicted molar refractivity (Wildman–Crippen MR) is 89.1 cm³/mol. The summed E-state index contributed by atoms with van der Waals surface area (Å²) in [4.78, 5) is 18.8. The third-order valence-electron chi connectivity index (χ3n) is 3.68. The Morgan fingerprint density at radius 1 is 1.09 bits per heavy atom. The highest BCUT2D eigenvalue weighted by molar-refractivity contribution is 6.14. The van der Waals surface area contributed by atoms with Gasteiger partial charge in [0.2, 0.25) is 0 Å². The van der Waals surface area contributed by atoms with Crippen molar-refractivity contribution < 1.29 is 9.18 Å². The van der Waals surface area contributed by atoms with Crippen LogP contribution in [-0.2, 0) is 4.79 Å². The van der Waals surface area contributed by atoms with Gasteiger partial charge in [0.15, 0.2) is 5.78 Å². The van der Waals surface area contributed by atoms with Gasteiger partial charge in [-0.2, -0.15) is 0 Å². The summed E-state index contributed by atoms with van der Waals surface area (Å²) < 4.78 is 13.3. The van der Waals surface area contributed by atoms with Gasteiger partial charge in [0.25, 0.3) is 0 Å². The fraction of sp³-hybridized carbons (Fsp3) is 0.158. The molecule has 4 heteroatoms. The number of Topliss-reactive ketones (excluding diaryl/α,β-unsaturated/α-hetero) is 1. The first-order valence-electron chi connectivity index (χ1n) is 7.42. The molecule has 0 bridgehead atoms. The molecule has 3 rings (SSSR count). The molecule has 0 atom stereocenters. The lowest BCUT2D eigenvalue weighted by atomic mass is 9.95. The normalized spacial score (nSPS) is 19.5. The molecule has 116 valence electrons. The molecule has 0 N–H and O–H groups in total. The third-order valence-corrected chi connectivity index (χ3v) is 3.68. The Bertz CT molecular complexity index is 781. The first-order valence-corrected chi connectivity index (χ1v) is 7.42. The van der Waals surface area contributed by atoms with Crippen molar-refractivity contribution in [2.45, 2.75) is 0 Å². The summed E-state index contributed by atoms with van der Waals surface area (Å²) in [5.41, 5.74) is 2.98. The molecule has 1 aliphatic heterocycles. The summed E-state index contributed by atoms with van der Waals surface area (Å²) in [5.74, 6) is -0.293. The number of ketones is 1. The van der Waals surface area contributed by atoms with Gasteiger partial charge in [0, 0.05) is 36.6 Å². The predicted octanol–water partition coefficient (Wildman–Crippen LogP) is 3.20. The standard InChI is InChI=1S/C19H17FN2O/c1-22-12-16(8-14-4-2-6-18(20)10-14)19(23)17(13-22)9-15-5-3-7-21-11-15/h2-11H,12-13H2,1H3/b16-8+,17-9?. The van der Waals surface area contributed by atoms with E-state index in [1.807, 2.05) is 25.3 Å². The maximum Gasteiger partial charge on any atom is 0.187 e. The van der Waals surface area contributed by atoms with E-state index in [4.69, 9.17) is 0 Å². The van der Waals surface area contributed by atoms with E-state index in [-0.39, 0.29) is 11.6 Å². The summed E-state index contributed by atoms with van der Waals surface area (Å²) in [6.45, 7) is 1.15. The number of nitrogens with zero attached hydrogens (tertiary/aromatic N) is 2. The average Bonchev–Trinajstić information content (AvgIpc) is 2.53. The van der Waals surface area contributed by atoms with Crippen LogP contribution in [0.25, 0.3) is 12.2 Å². The molecule has 1 saturated heterocycles. The molecule has 0 spiro atoms. The summed E-state index contributed by atoms with van der Waals surface area (Å²) >= 11 is 0. The van der Waals surface area contributed by atoms with Crippen LogP contribution in [0.3, 0.4) is 0 Å². The second-order valence-electron chi connectivity index (χ2n) is 5.68. The monoisotopic (exact) mass is 308 g/mol. The van der Waals surface area contributed by atoms with E-state index in [2.05, 4.69) is 9.88 Å². The van der Waals surface area contributed by atoms with E-state index in [9.17, 15) is 9.18 Å². The minimum absolute atomic E-state index is 0.0104. The summed E-state index contributed by atoms with van der Waals surface area (Å²) in [7, 11) is 1.96. The number of benzene rings is 1. The molecule has 0 radical (unpaired) electrons. The smallest absolute Gasteiger partial charge is 0.187 e. The van der Waals surface area contributed by atoms with Crippen LogP contribution in [0.5, 0.6) is 0 Å². The van der Waals surface area contributed by atoms with Gasteiger partial charge >= 0.3 is 0 Å². The Balaban J connectivity index is 1.93. The molecule has 0 amide bonds. The summed E-state index contributed by atoms with van der Waals surface area (Å²) in [6, 6.07) is 10.0. The van der Waals surface area contributed by atoms with E-state index in [1.54, 1.807) is 30.6 Å². The highest BCUT2D eigenvalue weighted by Gasteiger charge is 2.23. The average molecular weight is 308 g/mol. The molecule has 2 heterocycles. The van der Waals surface area contributed by atoms with Gasteiger partial charge in [-0.15, -0.1) is 0 Å². The maximum absolute atomic E-state index is 13.3. The van der Waals surface area contributed by atoms with Crippen LogP contribution in [0.1, 0.15) is 11.1 Å². The van der Waals surface area contributed by atoms with E-state index in [0.717, 1.165) is 11.1 Å². The van der Waals surface area contributed by atoms with Crippen LogP contribution in [0.2, 0.25) is 0 Å². The van der Waals surface area contributed by atoms with E-state index < -0.39 is 0 Å². The highest BCUT2D eigenvalue weighted by Crippen LogP contribution is 2.21. The minimum Gasteiger partial charge on any atom is -0.298 e. The summed E-state index contributed by atoms with van der Waals surface area (Å²) in [5, 5.41) is 0. The lowest BCUT2D eigenvalue weighted by molar-refractivity contribution is -0.113. The van der Waals surface area contributed by atoms with Crippen molar-refractivity contribution in [1.29, 1.82) is 0 Å². The SMILES string of the molecule is CN1CC(=Cc2cccnc2)C(=O)/C(=C/c2cccc(F)c2)C1. The summed E-state index contributed by atoms with van der Waals surface area (Å²) in [6.07, 6.45) is 7.06. The molecule has 1 fully saturated rings. The molecule has 23 heavy (non-hydrogen) atoms. The van der Waals surface area contributed by atoms with Gasteiger partial charge < -0.3 is 0 Å². The number of halogens is 1. The number of hydrogen-bond donors (Lipinski definition) is 0. The van der Waals surface area contributed by atoms with Gasteiger partial charge in [0.05, 0.1) is 0 Å². The topological polar surface area (TPSA) is 33.2 Å². The first kappa shape index (κ1) is 15.3. The zero-order valence-electron chi connectivity index (χ0n) is 12.9. The van der Waals surface area contributed by atoms with Crippen molar-refractivity contribution in [3.8, 4) is 0 Å². The van der Waals surface area contributed by atoms with Crippen LogP contribution in [0.15, 0.2) is 59.9 Å². The van der Waals surface area contributed by atoms with Crippen molar-refractivity contribution in [2.24, 2.45) is 0 Å². The molecular weight excluding hydrogens is 291 g/mol. The molecule has 0 aliphatic carbocycles. The number of aromatic nitrogens is 1. The Morgan fingerprint density at radius 3 is 2.43 bits per heavy atom. The van der Waals surface area contributed by atoms with Crippen LogP contribution < -0.4 is 0 Å². The number of likely N-dealkylation sites (N-methyl/N-ethyl adjacent to an activating group) is 1. The molecule has 0 unspecified atom stereocenters. The van der Waals surface area contributed by atoms with E-state index in [0.29, 0.717) is 24.2 Å². The molecule has 3 nitrogen and oxygen atoms in total. The lowest BCUT2D eigenvalue weighted by Gasteiger charge is -2.26. The number of carbonyl (C=O) groups excluding carboxylic acids is 1. The molecule has 1 aromatic carbocycles. The van der Waals surface area contributed by atoms with Crippen molar-refractivity contribution >= 4 is 17.9 Å². The van der Waals surface area contributed by atoms with Gasteiger partial charge in [-0.05, 0) is 48.5 Å². The van der Waals surface area contributed by atoms with Crippen LogP contribution >= 0.6 is 0 Å². The second kappa shape index (κ2) is 6.67. The zero-order valence-corrected chi connectivity index (χ0v) is 12.9. The Labute approximate surface area is 134 Å². The number of likely N-dealkylation sites (tertiary alicyclic amines) is 1. The second-order valence-corrected chi connectivity index (χ2v) is 5.68. The molecule has 1 aromatic heterocycles. The molecule has 0 saturated carbocycles. The minimum atomic E-state index is -0.304. The number of rotatable bonds is 2. The van der Waals surface area contributed by atoms with Gasteiger partial charge in [-0.3, -0.25) is 14.7 Å². The highest BCUT2D eigenvalue weighted by atomic mass is 19.1. The van der Waals surface area contributed by atoms with Crippen molar-refractivity contribution in [3.63, 3.8) is 0 Å². The van der Waals surface area contributed by atoms with Crippen molar-refractivity contribution in [2.75, 3.05) is 20.1 Å². The molecule has 2 aromatic rings. The number of carbonyl (C=O) groups is 1. The van der Waals surface area contributed by atoms with Crippen molar-refractivity contribution in [3.05, 3.63) is 76.9 Å². The van der Waals surface area contributed by atoms with Crippen LogP contribution in [-0.4, -0.2) is 35.8 Å². The quantitative estimate of drug-likeness (QED) is 0.799. The van der Waals surface area contributed by atoms with Crippen LogP contribution in [0, 0.1) is 5.82 Å². The Kier molecular flexibility index (Phi) is 4.44. The fourth-order valence-corrected chi connectivity index (χ4v) is 2.67. The van der Waals surface area contributed by atoms with E-state index >= 15 is 0 Å². The number of piperidine rings is 1. The zero-order chi connectivity index (χ0) is 16.2. The Hall–Kier alpha value is -2.59. The molecule has 1 aliphatic rings. The van der Waals surface area contributed by atoms with Gasteiger partial charge in [-0.1, -0.05) is 18.2 Å². The number of hydrogen-bond acceptors (Lipinski definition) is 3.